The molecule has 0 rings (SSSR count). The van der Waals surface area contributed by atoms with Crippen molar-refractivity contribution in [1.82, 2.24) is 5.32 Å². The summed E-state index contributed by atoms with van der Waals surface area (Å²) in [4.78, 5) is 11.2. The smallest absolute Gasteiger partial charge is 0.326 e. The summed E-state index contributed by atoms with van der Waals surface area (Å²) in [5.41, 5.74) is -0.964. The Labute approximate surface area is 105 Å². The molecule has 0 bridgehead atoms. The summed E-state index contributed by atoms with van der Waals surface area (Å²) in [7, 11) is 0. The van der Waals surface area contributed by atoms with Crippen LogP contribution in [0, 0.1) is 5.92 Å². The summed E-state index contributed by atoms with van der Waals surface area (Å²) in [5, 5.41) is 12.2. The third-order valence-corrected chi connectivity index (χ3v) is 2.70. The Hall–Kier alpha value is -0.610. The normalized spacial score (nSPS) is 14.9. The van der Waals surface area contributed by atoms with Crippen molar-refractivity contribution in [1.29, 1.82) is 0 Å². The number of ether oxygens (including phenoxy) is 1. The molecule has 0 fully saturated rings. The van der Waals surface area contributed by atoms with Crippen LogP contribution in [-0.4, -0.2) is 36.4 Å². The van der Waals surface area contributed by atoms with E-state index in [9.17, 15) is 4.79 Å². The van der Waals surface area contributed by atoms with E-state index < -0.39 is 11.5 Å². The number of hydrogen-bond donors (Lipinski definition) is 2. The van der Waals surface area contributed by atoms with E-state index in [0.717, 1.165) is 19.3 Å². The van der Waals surface area contributed by atoms with Gasteiger partial charge in [-0.05, 0) is 38.6 Å². The van der Waals surface area contributed by atoms with Gasteiger partial charge in [-0.15, -0.1) is 0 Å². The van der Waals surface area contributed by atoms with Gasteiger partial charge in [-0.25, -0.2) is 0 Å². The minimum Gasteiger partial charge on any atom is -0.480 e. The van der Waals surface area contributed by atoms with Crippen molar-refractivity contribution in [3.63, 3.8) is 0 Å². The number of aliphatic carboxylic acids is 1. The first kappa shape index (κ1) is 16.4. The molecule has 0 aromatic carbocycles. The highest BCUT2D eigenvalue weighted by molar-refractivity contribution is 5.78. The third-order valence-electron chi connectivity index (χ3n) is 2.70. The molecule has 0 spiro atoms. The van der Waals surface area contributed by atoms with Crippen molar-refractivity contribution in [3.8, 4) is 0 Å². The molecule has 0 aromatic heterocycles. The van der Waals surface area contributed by atoms with E-state index in [-0.39, 0.29) is 6.61 Å². The Bertz CT molecular complexity index is 219. The maximum absolute atomic E-state index is 11.2. The van der Waals surface area contributed by atoms with Crippen LogP contribution in [0.2, 0.25) is 0 Å². The van der Waals surface area contributed by atoms with E-state index in [0.29, 0.717) is 19.1 Å². The van der Waals surface area contributed by atoms with Crippen LogP contribution in [0.5, 0.6) is 0 Å². The van der Waals surface area contributed by atoms with Gasteiger partial charge in [0.15, 0.2) is 0 Å². The van der Waals surface area contributed by atoms with Crippen LogP contribution < -0.4 is 5.32 Å². The Morgan fingerprint density at radius 1 is 1.47 bits per heavy atom. The second-order valence-corrected chi connectivity index (χ2v) is 5.15. The molecule has 2 N–H and O–H groups in total. The van der Waals surface area contributed by atoms with Crippen molar-refractivity contribution in [2.45, 2.75) is 52.5 Å². The van der Waals surface area contributed by atoms with E-state index >= 15 is 0 Å². The van der Waals surface area contributed by atoms with Crippen LogP contribution in [0.25, 0.3) is 0 Å². The van der Waals surface area contributed by atoms with E-state index in [1.807, 2.05) is 6.92 Å². The molecule has 0 amide bonds. The molecule has 0 radical (unpaired) electrons. The van der Waals surface area contributed by atoms with Crippen LogP contribution in [-0.2, 0) is 9.53 Å². The molecule has 0 heterocycles. The quantitative estimate of drug-likeness (QED) is 0.580. The highest BCUT2D eigenvalue weighted by Gasteiger charge is 2.32. The fraction of sp³-hybridized carbons (Fsp3) is 0.923. The van der Waals surface area contributed by atoms with Gasteiger partial charge in [0.25, 0.3) is 0 Å². The van der Waals surface area contributed by atoms with Gasteiger partial charge in [0.1, 0.15) is 5.54 Å². The first-order chi connectivity index (χ1) is 7.92. The average molecular weight is 245 g/mol. The van der Waals surface area contributed by atoms with Gasteiger partial charge in [0.05, 0.1) is 6.61 Å². The lowest BCUT2D eigenvalue weighted by Crippen LogP contribution is -2.53. The lowest BCUT2D eigenvalue weighted by Gasteiger charge is -2.26. The molecule has 0 aromatic rings. The number of carboxylic acid groups (broad SMARTS) is 1. The zero-order valence-corrected chi connectivity index (χ0v) is 11.6. The van der Waals surface area contributed by atoms with Gasteiger partial charge >= 0.3 is 5.97 Å². The van der Waals surface area contributed by atoms with E-state index in [1.54, 1.807) is 6.92 Å². The number of nitrogens with one attached hydrogen (secondary N) is 1. The van der Waals surface area contributed by atoms with Crippen molar-refractivity contribution < 1.29 is 14.6 Å². The van der Waals surface area contributed by atoms with Gasteiger partial charge < -0.3 is 15.2 Å². The molecule has 4 heteroatoms. The molecule has 0 saturated carbocycles. The third kappa shape index (κ3) is 7.34. The molecule has 1 atom stereocenters. The van der Waals surface area contributed by atoms with Gasteiger partial charge in [-0.2, -0.15) is 0 Å². The molecule has 0 saturated heterocycles. The molecular formula is C13H27NO3. The van der Waals surface area contributed by atoms with Crippen LogP contribution in [0.15, 0.2) is 0 Å². The van der Waals surface area contributed by atoms with Gasteiger partial charge in [-0.1, -0.05) is 20.8 Å². The first-order valence-corrected chi connectivity index (χ1v) is 6.48. The number of rotatable bonds is 10. The Morgan fingerprint density at radius 3 is 2.59 bits per heavy atom. The zero-order chi connectivity index (χ0) is 13.3. The van der Waals surface area contributed by atoms with E-state index in [2.05, 4.69) is 19.2 Å². The maximum Gasteiger partial charge on any atom is 0.326 e. The Morgan fingerprint density at radius 2 is 2.12 bits per heavy atom. The van der Waals surface area contributed by atoms with Crippen LogP contribution in [0.3, 0.4) is 0 Å². The average Bonchev–Trinajstić information content (AvgIpc) is 2.25. The van der Waals surface area contributed by atoms with E-state index in [1.165, 1.54) is 0 Å². The second kappa shape index (κ2) is 8.48. The lowest BCUT2D eigenvalue weighted by atomic mass is 10.0. The van der Waals surface area contributed by atoms with E-state index in [4.69, 9.17) is 9.84 Å². The predicted octanol–water partition coefficient (Wildman–Crippen LogP) is 2.28. The summed E-state index contributed by atoms with van der Waals surface area (Å²) < 4.78 is 5.46. The Kier molecular flexibility index (Phi) is 8.17. The van der Waals surface area contributed by atoms with Crippen LogP contribution in [0.1, 0.15) is 47.0 Å². The predicted molar refractivity (Wildman–Crippen MR) is 69.2 cm³/mol. The summed E-state index contributed by atoms with van der Waals surface area (Å²) in [6, 6.07) is 0. The minimum absolute atomic E-state index is 0.223. The molecule has 0 aliphatic rings. The Balaban J connectivity index is 3.88. The summed E-state index contributed by atoms with van der Waals surface area (Å²) in [5.74, 6) is -0.183. The second-order valence-electron chi connectivity index (χ2n) is 5.15. The molecule has 102 valence electrons. The number of hydrogen-bond acceptors (Lipinski definition) is 3. The van der Waals surface area contributed by atoms with Gasteiger partial charge in [0, 0.05) is 6.61 Å². The highest BCUT2D eigenvalue weighted by Crippen LogP contribution is 2.08. The number of carbonyl (C=O) groups is 1. The molecule has 0 aliphatic heterocycles. The SMILES string of the molecule is CCCNC(C)(COCCCC(C)C)C(=O)O. The van der Waals surface area contributed by atoms with Crippen molar-refractivity contribution >= 4 is 5.97 Å². The van der Waals surface area contributed by atoms with Crippen molar-refractivity contribution in [2.75, 3.05) is 19.8 Å². The topological polar surface area (TPSA) is 58.6 Å². The summed E-state index contributed by atoms with van der Waals surface area (Å²) in [6.45, 7) is 9.58. The standard InChI is InChI=1S/C13H27NO3/c1-5-8-14-13(4,12(15)16)10-17-9-6-7-11(2)3/h11,14H,5-10H2,1-4H3,(H,15,16). The highest BCUT2D eigenvalue weighted by atomic mass is 16.5. The fourth-order valence-electron chi connectivity index (χ4n) is 1.46. The van der Waals surface area contributed by atoms with Crippen LogP contribution >= 0.6 is 0 Å². The fourth-order valence-corrected chi connectivity index (χ4v) is 1.46. The summed E-state index contributed by atoms with van der Waals surface area (Å²) in [6.07, 6.45) is 3.02. The van der Waals surface area contributed by atoms with Gasteiger partial charge in [0.2, 0.25) is 0 Å². The first-order valence-electron chi connectivity index (χ1n) is 6.48. The molecule has 1 unspecified atom stereocenters. The molecular weight excluding hydrogens is 218 g/mol. The molecule has 17 heavy (non-hydrogen) atoms. The number of carboxylic acids is 1. The van der Waals surface area contributed by atoms with Crippen molar-refractivity contribution in [3.05, 3.63) is 0 Å². The largest absolute Gasteiger partial charge is 0.480 e. The maximum atomic E-state index is 11.2. The van der Waals surface area contributed by atoms with Gasteiger partial charge in [-0.3, -0.25) is 4.79 Å². The lowest BCUT2D eigenvalue weighted by molar-refractivity contribution is -0.146. The molecule has 4 nitrogen and oxygen atoms in total. The minimum atomic E-state index is -0.964. The van der Waals surface area contributed by atoms with Crippen LogP contribution in [0.4, 0.5) is 0 Å². The molecule has 0 aliphatic carbocycles. The van der Waals surface area contributed by atoms with Crippen molar-refractivity contribution in [2.24, 2.45) is 5.92 Å². The monoisotopic (exact) mass is 245 g/mol. The zero-order valence-electron chi connectivity index (χ0n) is 11.6. The summed E-state index contributed by atoms with van der Waals surface area (Å²) >= 11 is 0.